The van der Waals surface area contributed by atoms with Crippen molar-refractivity contribution in [2.24, 2.45) is 0 Å². The number of nitrogens with zero attached hydrogens (tertiary/aromatic N) is 1. The Morgan fingerprint density at radius 2 is 1.91 bits per heavy atom. The number of hydrogen-bond donors (Lipinski definition) is 1. The minimum Gasteiger partial charge on any atom is -0.497 e. The van der Waals surface area contributed by atoms with Gasteiger partial charge in [-0.1, -0.05) is 17.7 Å². The van der Waals surface area contributed by atoms with Crippen LogP contribution in [0.4, 0.5) is 30.2 Å². The van der Waals surface area contributed by atoms with E-state index in [1.807, 2.05) is 0 Å². The molecule has 0 radical (unpaired) electrons. The zero-order valence-electron chi connectivity index (χ0n) is 11.6. The monoisotopic (exact) mass is 346 g/mol. The number of methoxy groups -OCH3 is 1. The first-order valence-electron chi connectivity index (χ1n) is 6.19. The number of benzene rings is 2. The maximum absolute atomic E-state index is 12.9. The summed E-state index contributed by atoms with van der Waals surface area (Å²) in [4.78, 5) is 10.00. The van der Waals surface area contributed by atoms with E-state index >= 15 is 0 Å². The highest BCUT2D eigenvalue weighted by Crippen LogP contribution is 2.41. The van der Waals surface area contributed by atoms with Crippen LogP contribution in [0.15, 0.2) is 36.4 Å². The Bertz CT molecular complexity index is 751. The Morgan fingerprint density at radius 1 is 1.22 bits per heavy atom. The highest BCUT2D eigenvalue weighted by atomic mass is 35.5. The van der Waals surface area contributed by atoms with E-state index in [1.165, 1.54) is 31.4 Å². The molecule has 0 amide bonds. The van der Waals surface area contributed by atoms with Gasteiger partial charge in [-0.05, 0) is 24.3 Å². The third kappa shape index (κ3) is 3.65. The molecular formula is C14H10ClF3N2O3. The number of nitro groups is 1. The molecule has 1 N–H and O–H groups in total. The van der Waals surface area contributed by atoms with Crippen molar-refractivity contribution in [2.45, 2.75) is 6.18 Å². The number of nitro benzene ring substituents is 1. The second kappa shape index (κ2) is 6.33. The van der Waals surface area contributed by atoms with Crippen molar-refractivity contribution in [3.63, 3.8) is 0 Å². The van der Waals surface area contributed by atoms with Crippen LogP contribution in [-0.2, 0) is 6.18 Å². The molecule has 2 rings (SSSR count). The molecule has 0 aliphatic heterocycles. The van der Waals surface area contributed by atoms with Gasteiger partial charge in [0, 0.05) is 6.07 Å². The first-order valence-corrected chi connectivity index (χ1v) is 6.57. The maximum Gasteiger partial charge on any atom is 0.423 e. The third-order valence-corrected chi connectivity index (χ3v) is 3.28. The van der Waals surface area contributed by atoms with Crippen LogP contribution in [0.1, 0.15) is 5.56 Å². The van der Waals surface area contributed by atoms with E-state index in [-0.39, 0.29) is 16.4 Å². The molecular weight excluding hydrogens is 337 g/mol. The van der Waals surface area contributed by atoms with Crippen molar-refractivity contribution < 1.29 is 22.8 Å². The predicted molar refractivity (Wildman–Crippen MR) is 79.4 cm³/mol. The molecule has 23 heavy (non-hydrogen) atoms. The number of hydrogen-bond acceptors (Lipinski definition) is 4. The van der Waals surface area contributed by atoms with E-state index in [0.717, 1.165) is 6.07 Å². The van der Waals surface area contributed by atoms with Crippen LogP contribution in [0.25, 0.3) is 0 Å². The summed E-state index contributed by atoms with van der Waals surface area (Å²) >= 11 is 5.99. The van der Waals surface area contributed by atoms with Crippen LogP contribution in [0, 0.1) is 10.1 Å². The van der Waals surface area contributed by atoms with Crippen LogP contribution in [0.3, 0.4) is 0 Å². The van der Waals surface area contributed by atoms with Gasteiger partial charge in [-0.2, -0.15) is 13.2 Å². The molecule has 0 aromatic heterocycles. The molecule has 0 heterocycles. The molecule has 2 aromatic carbocycles. The van der Waals surface area contributed by atoms with Crippen molar-refractivity contribution in [3.05, 3.63) is 57.1 Å². The van der Waals surface area contributed by atoms with Crippen LogP contribution in [0.5, 0.6) is 5.75 Å². The van der Waals surface area contributed by atoms with Crippen LogP contribution >= 0.6 is 11.6 Å². The van der Waals surface area contributed by atoms with Crippen molar-refractivity contribution in [1.29, 1.82) is 0 Å². The van der Waals surface area contributed by atoms with E-state index in [4.69, 9.17) is 16.3 Å². The molecule has 0 aliphatic rings. The molecule has 0 saturated carbocycles. The summed E-state index contributed by atoms with van der Waals surface area (Å²) in [5, 5.41) is 13.8. The molecule has 2 aromatic rings. The number of halogens is 4. The first kappa shape index (κ1) is 16.9. The summed E-state index contributed by atoms with van der Waals surface area (Å²) < 4.78 is 43.7. The van der Waals surface area contributed by atoms with Crippen LogP contribution in [0.2, 0.25) is 5.02 Å². The fourth-order valence-corrected chi connectivity index (χ4v) is 2.16. The molecule has 0 fully saturated rings. The lowest BCUT2D eigenvalue weighted by Crippen LogP contribution is -2.10. The fourth-order valence-electron chi connectivity index (χ4n) is 1.94. The Labute approximate surface area is 133 Å². The third-order valence-electron chi connectivity index (χ3n) is 2.97. The summed E-state index contributed by atoms with van der Waals surface area (Å²) in [6.45, 7) is 0. The van der Waals surface area contributed by atoms with Crippen molar-refractivity contribution in [2.75, 3.05) is 12.4 Å². The minimum atomic E-state index is -4.84. The number of alkyl halides is 3. The Morgan fingerprint density at radius 3 is 2.43 bits per heavy atom. The van der Waals surface area contributed by atoms with Gasteiger partial charge in [-0.25, -0.2) is 0 Å². The predicted octanol–water partition coefficient (Wildman–Crippen LogP) is 5.02. The van der Waals surface area contributed by atoms with Gasteiger partial charge in [-0.15, -0.1) is 0 Å². The summed E-state index contributed by atoms with van der Waals surface area (Å²) in [6, 6.07) is 7.31. The zero-order valence-corrected chi connectivity index (χ0v) is 12.4. The summed E-state index contributed by atoms with van der Waals surface area (Å²) in [5.74, 6) is 0.444. The number of ether oxygens (including phenoxy) is 1. The Hall–Kier alpha value is -2.48. The fraction of sp³-hybridized carbons (Fsp3) is 0.143. The van der Waals surface area contributed by atoms with Gasteiger partial charge < -0.3 is 10.1 Å². The Kier molecular flexibility index (Phi) is 4.65. The van der Waals surface area contributed by atoms with E-state index in [0.29, 0.717) is 11.8 Å². The molecule has 0 saturated heterocycles. The van der Waals surface area contributed by atoms with Gasteiger partial charge in [0.2, 0.25) is 0 Å². The zero-order chi connectivity index (χ0) is 17.2. The normalized spacial score (nSPS) is 11.2. The number of rotatable bonds is 4. The first-order chi connectivity index (χ1) is 10.7. The van der Waals surface area contributed by atoms with E-state index < -0.39 is 22.4 Å². The molecule has 0 bridgehead atoms. The molecule has 9 heteroatoms. The molecule has 122 valence electrons. The molecule has 0 spiro atoms. The van der Waals surface area contributed by atoms with Gasteiger partial charge in [0.1, 0.15) is 17.0 Å². The van der Waals surface area contributed by atoms with Crippen LogP contribution < -0.4 is 10.1 Å². The SMILES string of the molecule is COc1ccc(Nc2cccc(C(F)(F)F)c2[N+](=O)[O-])c(Cl)c1. The quantitative estimate of drug-likeness (QED) is 0.623. The lowest BCUT2D eigenvalue weighted by Gasteiger charge is -2.13. The van der Waals surface area contributed by atoms with E-state index in [1.54, 1.807) is 0 Å². The number of anilines is 2. The van der Waals surface area contributed by atoms with Gasteiger partial charge in [0.15, 0.2) is 0 Å². The average molecular weight is 347 g/mol. The lowest BCUT2D eigenvalue weighted by atomic mass is 10.1. The standard InChI is InChI=1S/C14H10ClF3N2O3/c1-23-8-5-6-11(10(15)7-8)19-12-4-2-3-9(14(16,17)18)13(12)20(21)22/h2-7,19H,1H3. The lowest BCUT2D eigenvalue weighted by molar-refractivity contribution is -0.387. The number of para-hydroxylation sites is 1. The van der Waals surface area contributed by atoms with Crippen LogP contribution in [-0.4, -0.2) is 12.0 Å². The average Bonchev–Trinajstić information content (AvgIpc) is 2.47. The van der Waals surface area contributed by atoms with Crippen molar-refractivity contribution in [1.82, 2.24) is 0 Å². The van der Waals surface area contributed by atoms with E-state index in [2.05, 4.69) is 5.32 Å². The Balaban J connectivity index is 2.50. The summed E-state index contributed by atoms with van der Waals surface area (Å²) in [5.41, 5.74) is -2.49. The van der Waals surface area contributed by atoms with Gasteiger partial charge in [0.25, 0.3) is 0 Å². The van der Waals surface area contributed by atoms with Gasteiger partial charge >= 0.3 is 11.9 Å². The largest absolute Gasteiger partial charge is 0.497 e. The van der Waals surface area contributed by atoms with Gasteiger partial charge in [0.05, 0.1) is 22.7 Å². The molecule has 5 nitrogen and oxygen atoms in total. The van der Waals surface area contributed by atoms with Crippen molar-refractivity contribution in [3.8, 4) is 5.75 Å². The minimum absolute atomic E-state index is 0.149. The molecule has 0 aliphatic carbocycles. The van der Waals surface area contributed by atoms with E-state index in [9.17, 15) is 23.3 Å². The number of nitrogens with one attached hydrogen (secondary N) is 1. The second-order valence-electron chi connectivity index (χ2n) is 4.43. The molecule has 0 unspecified atom stereocenters. The molecule has 0 atom stereocenters. The topological polar surface area (TPSA) is 64.4 Å². The highest BCUT2D eigenvalue weighted by molar-refractivity contribution is 6.33. The maximum atomic E-state index is 12.9. The highest BCUT2D eigenvalue weighted by Gasteiger charge is 2.39. The summed E-state index contributed by atoms with van der Waals surface area (Å²) in [7, 11) is 1.43. The van der Waals surface area contributed by atoms with Gasteiger partial charge in [-0.3, -0.25) is 10.1 Å². The smallest absolute Gasteiger partial charge is 0.423 e. The summed E-state index contributed by atoms with van der Waals surface area (Å²) in [6.07, 6.45) is -4.84. The second-order valence-corrected chi connectivity index (χ2v) is 4.83. The van der Waals surface area contributed by atoms with Crippen molar-refractivity contribution >= 4 is 28.7 Å².